The number of nitrogens with zero attached hydrogens (tertiary/aromatic N) is 1. The van der Waals surface area contributed by atoms with Crippen molar-refractivity contribution in [1.82, 2.24) is 0 Å². The molecule has 0 spiro atoms. The third kappa shape index (κ3) is 12.6. The Morgan fingerprint density at radius 2 is 1.56 bits per heavy atom. The van der Waals surface area contributed by atoms with Gasteiger partial charge in [0.15, 0.2) is 24.2 Å². The fourth-order valence-electron chi connectivity index (χ4n) is 4.57. The summed E-state index contributed by atoms with van der Waals surface area (Å²) < 4.78 is 13.6. The van der Waals surface area contributed by atoms with E-state index in [-0.39, 0.29) is 22.9 Å². The van der Waals surface area contributed by atoms with Gasteiger partial charge in [-0.3, -0.25) is 4.79 Å². The average Bonchev–Trinajstić information content (AvgIpc) is 3.45. The van der Waals surface area contributed by atoms with E-state index in [0.717, 1.165) is 18.5 Å². The second kappa shape index (κ2) is 19.6. The third-order valence-electron chi connectivity index (χ3n) is 6.76. The van der Waals surface area contributed by atoms with Gasteiger partial charge in [-0.25, -0.2) is 0 Å². The third-order valence-corrected chi connectivity index (χ3v) is 7.43. The number of ether oxygens (including phenoxy) is 2. The maximum absolute atomic E-state index is 12.9. The van der Waals surface area contributed by atoms with E-state index in [1.54, 1.807) is 18.4 Å². The van der Waals surface area contributed by atoms with Crippen molar-refractivity contribution in [2.24, 2.45) is 0 Å². The minimum atomic E-state index is -0.144. The Labute approximate surface area is 249 Å². The van der Waals surface area contributed by atoms with Gasteiger partial charge in [-0.2, -0.15) is 4.57 Å². The summed E-state index contributed by atoms with van der Waals surface area (Å²) in [5, 5.41) is 5.02. The topological polar surface area (TPSA) is 51.4 Å². The van der Waals surface area contributed by atoms with Crippen LogP contribution in [0.15, 0.2) is 59.6 Å². The van der Waals surface area contributed by atoms with Crippen LogP contribution in [0.2, 0.25) is 0 Å². The minimum Gasteiger partial charge on any atom is -1.00 e. The summed E-state index contributed by atoms with van der Waals surface area (Å²) in [6.45, 7) is 3.69. The van der Waals surface area contributed by atoms with Crippen LogP contribution >= 0.6 is 11.3 Å². The molecule has 7 heteroatoms. The van der Waals surface area contributed by atoms with Gasteiger partial charge in [0.1, 0.15) is 0 Å². The van der Waals surface area contributed by atoms with Crippen molar-refractivity contribution >= 4 is 22.9 Å². The van der Waals surface area contributed by atoms with Crippen LogP contribution in [0.25, 0.3) is 0 Å². The Morgan fingerprint density at radius 1 is 0.872 bits per heavy atom. The Hall–Kier alpha value is -2.38. The first-order chi connectivity index (χ1) is 18.7. The zero-order chi connectivity index (χ0) is 26.8. The number of methoxy groups -OCH3 is 1. The Bertz CT molecular complexity index is 1080. The monoisotopic (exact) mass is 616 g/mol. The van der Waals surface area contributed by atoms with E-state index >= 15 is 0 Å². The van der Waals surface area contributed by atoms with Crippen LogP contribution < -0.4 is 36.3 Å². The summed E-state index contributed by atoms with van der Waals surface area (Å²) in [5.74, 6) is 1.20. The number of rotatable bonds is 19. The van der Waals surface area contributed by atoms with Gasteiger partial charge in [-0.15, -0.1) is 0 Å². The summed E-state index contributed by atoms with van der Waals surface area (Å²) in [7, 11) is 1.63. The van der Waals surface area contributed by atoms with Crippen molar-refractivity contribution in [3.63, 3.8) is 0 Å². The number of amides is 1. The smallest absolute Gasteiger partial charge is 0.255 e. The number of halogens is 1. The predicted octanol–water partition coefficient (Wildman–Crippen LogP) is 5.43. The van der Waals surface area contributed by atoms with Gasteiger partial charge < -0.3 is 31.8 Å². The van der Waals surface area contributed by atoms with E-state index in [2.05, 4.69) is 22.3 Å². The molecule has 0 saturated heterocycles. The molecule has 0 unspecified atom stereocenters. The zero-order valence-corrected chi connectivity index (χ0v) is 26.0. The second-order valence-electron chi connectivity index (χ2n) is 9.96. The number of unbranched alkanes of at least 4 members (excludes halogenated alkanes) is 11. The molecule has 1 N–H and O–H groups in total. The number of benzene rings is 2. The lowest BCUT2D eigenvalue weighted by atomic mass is 10.1. The Kier molecular flexibility index (Phi) is 16.5. The number of hydrogen-bond donors (Lipinski definition) is 1. The fraction of sp³-hybridized carbons (Fsp3) is 0.500. The lowest BCUT2D eigenvalue weighted by Gasteiger charge is -2.13. The van der Waals surface area contributed by atoms with Crippen LogP contribution in [0, 0.1) is 0 Å². The molecule has 1 heterocycles. The number of thiazole rings is 1. The van der Waals surface area contributed by atoms with Crippen LogP contribution in [-0.2, 0) is 6.54 Å². The molecule has 0 bridgehead atoms. The zero-order valence-electron chi connectivity index (χ0n) is 23.6. The van der Waals surface area contributed by atoms with E-state index in [4.69, 9.17) is 9.47 Å². The highest BCUT2D eigenvalue weighted by molar-refractivity contribution is 7.07. The molecule has 214 valence electrons. The van der Waals surface area contributed by atoms with Crippen molar-refractivity contribution in [2.75, 3.05) is 19.0 Å². The highest BCUT2D eigenvalue weighted by Crippen LogP contribution is 2.30. The molecule has 1 amide bonds. The van der Waals surface area contributed by atoms with Crippen molar-refractivity contribution in [3.8, 4) is 11.5 Å². The van der Waals surface area contributed by atoms with E-state index < -0.39 is 0 Å². The van der Waals surface area contributed by atoms with E-state index in [0.29, 0.717) is 29.4 Å². The van der Waals surface area contributed by atoms with Crippen LogP contribution in [0.5, 0.6) is 11.5 Å². The molecule has 5 nitrogen and oxygen atoms in total. The SMILES string of the molecule is CCCCCCCCCCCCCCOc1ccc(NC(=O)c2cccc(C[n+]3ccsc3)c2)cc1OC.[Br-]. The molecule has 2 aromatic carbocycles. The molecule has 3 aromatic rings. The number of aromatic nitrogens is 1. The first-order valence-corrected chi connectivity index (χ1v) is 15.3. The number of hydrogen-bond acceptors (Lipinski definition) is 4. The summed E-state index contributed by atoms with van der Waals surface area (Å²) in [4.78, 5) is 12.9. The minimum absolute atomic E-state index is 0. The van der Waals surface area contributed by atoms with Gasteiger partial charge in [0.05, 0.1) is 19.1 Å². The van der Waals surface area contributed by atoms with E-state index in [1.807, 2.05) is 54.0 Å². The molecule has 0 radical (unpaired) electrons. The number of carbonyl (C=O) groups excluding carboxylic acids is 1. The molecular formula is C32H45BrN2O3S. The molecule has 0 saturated carbocycles. The molecule has 0 aliphatic carbocycles. The average molecular weight is 618 g/mol. The Morgan fingerprint density at radius 3 is 2.21 bits per heavy atom. The van der Waals surface area contributed by atoms with Gasteiger partial charge in [0.25, 0.3) is 5.91 Å². The van der Waals surface area contributed by atoms with Crippen molar-refractivity contribution < 1.29 is 35.8 Å². The Balaban J connectivity index is 0.00000533. The quantitative estimate of drug-likeness (QED) is 0.144. The van der Waals surface area contributed by atoms with E-state index in [9.17, 15) is 4.79 Å². The highest BCUT2D eigenvalue weighted by Gasteiger charge is 2.12. The lowest BCUT2D eigenvalue weighted by Crippen LogP contribution is -3.00. The number of carbonyl (C=O) groups is 1. The van der Waals surface area contributed by atoms with Crippen LogP contribution in [0.1, 0.15) is 99.9 Å². The predicted molar refractivity (Wildman–Crippen MR) is 158 cm³/mol. The molecule has 1 aromatic heterocycles. The molecule has 0 atom stereocenters. The van der Waals surface area contributed by atoms with Crippen LogP contribution in [0.4, 0.5) is 5.69 Å². The van der Waals surface area contributed by atoms with Gasteiger partial charge >= 0.3 is 0 Å². The normalized spacial score (nSPS) is 10.6. The first kappa shape index (κ1) is 32.8. The van der Waals surface area contributed by atoms with Crippen LogP contribution in [0.3, 0.4) is 0 Å². The standard InChI is InChI=1S/C32H44N2O3S.BrH/c1-3-4-5-6-7-8-9-10-11-12-13-14-21-37-30-19-18-29(24-31(30)36-2)33-32(35)28-17-15-16-27(23-28)25-34-20-22-38-26-34;/h15-20,22-24,26H,3-14,21,25H2,1-2H3;1H. The van der Waals surface area contributed by atoms with Gasteiger partial charge in [0, 0.05) is 22.9 Å². The van der Waals surface area contributed by atoms with E-state index in [1.165, 1.54) is 70.6 Å². The highest BCUT2D eigenvalue weighted by atomic mass is 79.9. The summed E-state index contributed by atoms with van der Waals surface area (Å²) in [6, 6.07) is 13.3. The lowest BCUT2D eigenvalue weighted by molar-refractivity contribution is -0.683. The summed E-state index contributed by atoms with van der Waals surface area (Å²) in [6.07, 6.45) is 17.9. The molecule has 0 fully saturated rings. The largest absolute Gasteiger partial charge is 1.00 e. The van der Waals surface area contributed by atoms with Crippen molar-refractivity contribution in [1.29, 1.82) is 0 Å². The maximum atomic E-state index is 12.9. The molecule has 0 aliphatic heterocycles. The maximum Gasteiger partial charge on any atom is 0.255 e. The number of anilines is 1. The second-order valence-corrected chi connectivity index (χ2v) is 10.7. The molecule has 39 heavy (non-hydrogen) atoms. The fourth-order valence-corrected chi connectivity index (χ4v) is 5.16. The first-order valence-electron chi connectivity index (χ1n) is 14.3. The van der Waals surface area contributed by atoms with Crippen LogP contribution in [-0.4, -0.2) is 19.6 Å². The van der Waals surface area contributed by atoms with Crippen molar-refractivity contribution in [3.05, 3.63) is 70.7 Å². The summed E-state index contributed by atoms with van der Waals surface area (Å²) in [5.41, 5.74) is 4.45. The molecule has 0 aliphatic rings. The summed E-state index contributed by atoms with van der Waals surface area (Å²) >= 11 is 1.65. The van der Waals surface area contributed by atoms with Gasteiger partial charge in [-0.1, -0.05) is 101 Å². The molecule has 3 rings (SSSR count). The number of nitrogens with one attached hydrogen (secondary N) is 1. The van der Waals surface area contributed by atoms with Crippen molar-refractivity contribution in [2.45, 2.75) is 90.5 Å². The van der Waals surface area contributed by atoms with Gasteiger partial charge in [-0.05, 0) is 30.7 Å². The van der Waals surface area contributed by atoms with Gasteiger partial charge in [0.2, 0.25) is 5.51 Å². The molecular weight excluding hydrogens is 572 g/mol.